The first-order valence-corrected chi connectivity index (χ1v) is 9.18. The fourth-order valence-electron chi connectivity index (χ4n) is 3.36. The monoisotopic (exact) mass is 406 g/mol. The summed E-state index contributed by atoms with van der Waals surface area (Å²) in [5.41, 5.74) is 2.04. The van der Waals surface area contributed by atoms with Crippen LogP contribution in [0, 0.1) is 5.82 Å². The molecule has 1 amide bonds. The van der Waals surface area contributed by atoms with Crippen molar-refractivity contribution in [3.63, 3.8) is 0 Å². The van der Waals surface area contributed by atoms with E-state index in [0.717, 1.165) is 0 Å². The van der Waals surface area contributed by atoms with Gasteiger partial charge in [-0.25, -0.2) is 4.39 Å². The van der Waals surface area contributed by atoms with Crippen molar-refractivity contribution < 1.29 is 18.7 Å². The molecule has 4 aromatic rings. The van der Waals surface area contributed by atoms with Gasteiger partial charge in [0.25, 0.3) is 5.91 Å². The number of nitrogens with zero attached hydrogens (tertiary/aromatic N) is 3. The second-order valence-corrected chi connectivity index (χ2v) is 6.85. The van der Waals surface area contributed by atoms with Gasteiger partial charge in [-0.1, -0.05) is 12.1 Å². The summed E-state index contributed by atoms with van der Waals surface area (Å²) >= 11 is 0. The third kappa shape index (κ3) is 3.32. The zero-order chi connectivity index (χ0) is 21.4. The Balaban J connectivity index is 1.74. The van der Waals surface area contributed by atoms with Gasteiger partial charge in [0.15, 0.2) is 11.6 Å². The van der Waals surface area contributed by atoms with Gasteiger partial charge in [0.2, 0.25) is 0 Å². The average molecular weight is 406 g/mol. The van der Waals surface area contributed by atoms with Crippen molar-refractivity contribution in [1.82, 2.24) is 14.2 Å². The molecule has 1 N–H and O–H groups in total. The number of carbonyl (C=O) groups is 2. The Kier molecular flexibility index (Phi) is 4.83. The number of aryl methyl sites for hydroxylation is 1. The third-order valence-electron chi connectivity index (χ3n) is 4.85. The zero-order valence-electron chi connectivity index (χ0n) is 16.6. The number of Topliss-reactive ketones (excluding diaryl/α,β-unsaturated/α-hetero) is 1. The number of hydrogen-bond acceptors (Lipinski definition) is 4. The molecule has 8 heteroatoms. The molecule has 0 bridgehead atoms. The second kappa shape index (κ2) is 7.47. The van der Waals surface area contributed by atoms with Crippen molar-refractivity contribution in [3.05, 3.63) is 72.1 Å². The van der Waals surface area contributed by atoms with E-state index in [0.29, 0.717) is 28.1 Å². The number of benzene rings is 1. The van der Waals surface area contributed by atoms with Crippen LogP contribution in [0.2, 0.25) is 0 Å². The van der Waals surface area contributed by atoms with Crippen molar-refractivity contribution in [2.75, 3.05) is 12.4 Å². The van der Waals surface area contributed by atoms with Gasteiger partial charge in [0.05, 0.1) is 35.8 Å². The average Bonchev–Trinajstić information content (AvgIpc) is 3.32. The lowest BCUT2D eigenvalue weighted by molar-refractivity contribution is 0.101. The number of ketones is 1. The Labute approximate surface area is 171 Å². The number of carbonyl (C=O) groups excluding carboxylic acids is 2. The quantitative estimate of drug-likeness (QED) is 0.509. The molecule has 0 saturated carbocycles. The largest absolute Gasteiger partial charge is 0.497 e. The highest BCUT2D eigenvalue weighted by Crippen LogP contribution is 2.29. The van der Waals surface area contributed by atoms with Gasteiger partial charge in [-0.2, -0.15) is 5.10 Å². The Morgan fingerprint density at radius 2 is 2.00 bits per heavy atom. The van der Waals surface area contributed by atoms with E-state index < -0.39 is 11.7 Å². The van der Waals surface area contributed by atoms with Crippen LogP contribution in [0.15, 0.2) is 55.0 Å². The number of halogens is 1. The van der Waals surface area contributed by atoms with E-state index in [2.05, 4.69) is 10.4 Å². The number of ether oxygens (including phenoxy) is 1. The first-order chi connectivity index (χ1) is 14.4. The highest BCUT2D eigenvalue weighted by atomic mass is 19.1. The lowest BCUT2D eigenvalue weighted by Crippen LogP contribution is -2.13. The summed E-state index contributed by atoms with van der Waals surface area (Å²) in [5, 5.41) is 6.68. The predicted molar refractivity (Wildman–Crippen MR) is 111 cm³/mol. The second-order valence-electron chi connectivity index (χ2n) is 6.85. The summed E-state index contributed by atoms with van der Waals surface area (Å²) in [7, 11) is 3.26. The molecule has 7 nitrogen and oxygen atoms in total. The lowest BCUT2D eigenvalue weighted by Gasteiger charge is -2.09. The van der Waals surface area contributed by atoms with Gasteiger partial charge in [0.1, 0.15) is 5.75 Å². The highest BCUT2D eigenvalue weighted by molar-refractivity contribution is 6.11. The molecule has 0 unspecified atom stereocenters. The third-order valence-corrected chi connectivity index (χ3v) is 4.85. The number of fused-ring (bicyclic) bond motifs is 1. The van der Waals surface area contributed by atoms with Gasteiger partial charge in [0, 0.05) is 43.6 Å². The Bertz CT molecular complexity index is 1290. The van der Waals surface area contributed by atoms with Gasteiger partial charge >= 0.3 is 0 Å². The maximum Gasteiger partial charge on any atom is 0.257 e. The molecule has 0 aliphatic rings. The summed E-state index contributed by atoms with van der Waals surface area (Å²) in [6.45, 7) is 1.42. The van der Waals surface area contributed by atoms with E-state index in [-0.39, 0.29) is 17.0 Å². The SMILES string of the molecule is COc1ccn2c(C(C)=O)cc(C(=O)Nc3cccc(-c4cnn(C)c4)c3F)c2c1. The number of amides is 1. The number of anilines is 1. The maximum absolute atomic E-state index is 15.1. The topological polar surface area (TPSA) is 77.6 Å². The molecule has 30 heavy (non-hydrogen) atoms. The fraction of sp³-hybridized carbons (Fsp3) is 0.136. The Morgan fingerprint density at radius 1 is 1.20 bits per heavy atom. The highest BCUT2D eigenvalue weighted by Gasteiger charge is 2.20. The van der Waals surface area contributed by atoms with E-state index in [1.165, 1.54) is 26.2 Å². The minimum Gasteiger partial charge on any atom is -0.497 e. The van der Waals surface area contributed by atoms with Crippen molar-refractivity contribution in [1.29, 1.82) is 0 Å². The maximum atomic E-state index is 15.1. The minimum atomic E-state index is -0.563. The summed E-state index contributed by atoms with van der Waals surface area (Å²) in [4.78, 5) is 25.0. The van der Waals surface area contributed by atoms with Gasteiger partial charge in [-0.15, -0.1) is 0 Å². The molecular formula is C22H19FN4O3. The Morgan fingerprint density at radius 3 is 2.67 bits per heavy atom. The molecule has 1 aromatic carbocycles. The van der Waals surface area contributed by atoms with Crippen LogP contribution in [-0.4, -0.2) is 33.0 Å². The normalized spacial score (nSPS) is 10.9. The molecule has 0 saturated heterocycles. The number of pyridine rings is 1. The van der Waals surface area contributed by atoms with Crippen LogP contribution in [0.5, 0.6) is 5.75 Å². The van der Waals surface area contributed by atoms with Gasteiger partial charge in [-0.05, 0) is 18.2 Å². The number of aromatic nitrogens is 3. The minimum absolute atomic E-state index is 0.0352. The predicted octanol–water partition coefficient (Wildman–Crippen LogP) is 3.94. The van der Waals surface area contributed by atoms with Crippen LogP contribution >= 0.6 is 0 Å². The van der Waals surface area contributed by atoms with Crippen molar-refractivity contribution in [2.24, 2.45) is 7.05 Å². The molecule has 0 fully saturated rings. The smallest absolute Gasteiger partial charge is 0.257 e. The molecule has 0 radical (unpaired) electrons. The standard InChI is InChI=1S/C22H19FN4O3/c1-13(28)19-10-17(20-9-15(30-3)7-8-27(19)20)22(29)25-18-6-4-5-16(21(18)23)14-11-24-26(2)12-14/h4-12H,1-3H3,(H,25,29). The molecule has 0 aliphatic carbocycles. The Hall–Kier alpha value is -3.94. The number of methoxy groups -OCH3 is 1. The molecule has 3 heterocycles. The number of rotatable bonds is 5. The van der Waals surface area contributed by atoms with E-state index in [9.17, 15) is 9.59 Å². The van der Waals surface area contributed by atoms with Crippen LogP contribution in [0.3, 0.4) is 0 Å². The van der Waals surface area contributed by atoms with Crippen LogP contribution in [0.25, 0.3) is 16.6 Å². The van der Waals surface area contributed by atoms with Gasteiger partial charge < -0.3 is 14.5 Å². The van der Waals surface area contributed by atoms with Crippen molar-refractivity contribution >= 4 is 22.9 Å². The van der Waals surface area contributed by atoms with E-state index in [1.54, 1.807) is 59.0 Å². The first kappa shape index (κ1) is 19.4. The molecule has 0 aliphatic heterocycles. The summed E-state index contributed by atoms with van der Waals surface area (Å²) in [6, 6.07) is 9.60. The van der Waals surface area contributed by atoms with E-state index in [1.807, 2.05) is 0 Å². The summed E-state index contributed by atoms with van der Waals surface area (Å²) in [5.74, 6) is -0.754. The van der Waals surface area contributed by atoms with Crippen LogP contribution in [0.4, 0.5) is 10.1 Å². The fourth-order valence-corrected chi connectivity index (χ4v) is 3.36. The summed E-state index contributed by atoms with van der Waals surface area (Å²) in [6.07, 6.45) is 4.90. The summed E-state index contributed by atoms with van der Waals surface area (Å²) < 4.78 is 23.5. The van der Waals surface area contributed by atoms with Crippen molar-refractivity contribution in [2.45, 2.75) is 6.92 Å². The van der Waals surface area contributed by atoms with Crippen molar-refractivity contribution in [3.8, 4) is 16.9 Å². The number of hydrogen-bond donors (Lipinski definition) is 1. The molecule has 0 spiro atoms. The van der Waals surface area contributed by atoms with E-state index in [4.69, 9.17) is 4.74 Å². The lowest BCUT2D eigenvalue weighted by atomic mass is 10.1. The van der Waals surface area contributed by atoms with Crippen LogP contribution in [-0.2, 0) is 7.05 Å². The molecule has 4 rings (SSSR count). The molecule has 0 atom stereocenters. The molecule has 152 valence electrons. The first-order valence-electron chi connectivity index (χ1n) is 9.18. The molecular weight excluding hydrogens is 387 g/mol. The molecule has 3 aromatic heterocycles. The van der Waals surface area contributed by atoms with E-state index >= 15 is 4.39 Å². The zero-order valence-corrected chi connectivity index (χ0v) is 16.6. The van der Waals surface area contributed by atoms with Crippen LogP contribution in [0.1, 0.15) is 27.8 Å². The van der Waals surface area contributed by atoms with Gasteiger partial charge in [-0.3, -0.25) is 14.3 Å². The number of nitrogens with one attached hydrogen (secondary N) is 1. The van der Waals surface area contributed by atoms with Crippen LogP contribution < -0.4 is 10.1 Å².